The monoisotopic (exact) mass is 588 g/mol. The summed E-state index contributed by atoms with van der Waals surface area (Å²) in [5.41, 5.74) is 0.609. The number of nitrogens with zero attached hydrogens (tertiary/aromatic N) is 3. The fraction of sp³-hybridized carbons (Fsp3) is 0.545. The molecule has 4 heterocycles. The van der Waals surface area contributed by atoms with Gasteiger partial charge in [-0.15, -0.1) is 11.3 Å². The van der Waals surface area contributed by atoms with Gasteiger partial charge in [-0.2, -0.15) is 31.4 Å². The molecule has 0 aliphatic carbocycles. The molecule has 218 valence electrons. The molecule has 1 spiro atoms. The number of carboxylic acid groups (broad SMARTS) is 2. The van der Waals surface area contributed by atoms with Crippen molar-refractivity contribution in [1.29, 1.82) is 0 Å². The highest BCUT2D eigenvalue weighted by Crippen LogP contribution is 2.42. The summed E-state index contributed by atoms with van der Waals surface area (Å²) in [6.45, 7) is 4.56. The molecule has 17 heteroatoms. The molecule has 2 aromatic heterocycles. The lowest BCUT2D eigenvalue weighted by Gasteiger charge is -2.50. The zero-order valence-corrected chi connectivity index (χ0v) is 21.3. The van der Waals surface area contributed by atoms with Gasteiger partial charge in [-0.25, -0.2) is 9.59 Å². The van der Waals surface area contributed by atoms with Gasteiger partial charge in [-0.3, -0.25) is 14.4 Å². The van der Waals surface area contributed by atoms with E-state index in [9.17, 15) is 31.1 Å². The number of aliphatic carboxylic acids is 2. The van der Waals surface area contributed by atoms with Gasteiger partial charge < -0.3 is 20.3 Å². The SMILES string of the molecule is Cn1nccc1C(=O)NCCC1CCOC12CN(Cc1cccs1)C2.O=C(O)C(F)(F)F.O=C(O)C(F)(F)F. The number of carboxylic acids is 2. The smallest absolute Gasteiger partial charge is 0.475 e. The molecule has 1 atom stereocenters. The quantitative estimate of drug-likeness (QED) is 0.439. The molecule has 1 amide bonds. The van der Waals surface area contributed by atoms with Gasteiger partial charge in [0.2, 0.25) is 0 Å². The van der Waals surface area contributed by atoms with E-state index >= 15 is 0 Å². The van der Waals surface area contributed by atoms with Crippen LogP contribution in [0.1, 0.15) is 28.2 Å². The summed E-state index contributed by atoms with van der Waals surface area (Å²) in [6, 6.07) is 6.04. The Kier molecular flexibility index (Phi) is 10.9. The van der Waals surface area contributed by atoms with Crippen LogP contribution in [0.5, 0.6) is 0 Å². The second-order valence-corrected chi connectivity index (χ2v) is 9.65. The average Bonchev–Trinajstić information content (AvgIpc) is 3.55. The molecule has 39 heavy (non-hydrogen) atoms. The standard InChI is InChI=1S/C18H24N4O2S.2C2HF3O2/c1-21-16(5-8-20-21)17(23)19-7-4-14-6-9-24-18(14)12-22(13-18)11-15-3-2-10-25-15;2*3-2(4,5)1(6)7/h2-3,5,8,10,14H,4,6-7,9,11-13H2,1H3,(H,19,23);2*(H,6,7). The largest absolute Gasteiger partial charge is 0.490 e. The number of thiophene rings is 1. The number of rotatable bonds is 6. The Bertz CT molecular complexity index is 1080. The summed E-state index contributed by atoms with van der Waals surface area (Å²) in [5.74, 6) is -5.04. The molecule has 0 bridgehead atoms. The van der Waals surface area contributed by atoms with E-state index in [-0.39, 0.29) is 11.5 Å². The predicted molar refractivity (Wildman–Crippen MR) is 124 cm³/mol. The Labute approximate surface area is 222 Å². The van der Waals surface area contributed by atoms with Gasteiger partial charge in [0.05, 0.1) is 5.60 Å². The molecule has 0 radical (unpaired) electrons. The predicted octanol–water partition coefficient (Wildman–Crippen LogP) is 3.16. The number of aromatic nitrogens is 2. The number of carbonyl (C=O) groups is 3. The highest BCUT2D eigenvalue weighted by Gasteiger charge is 2.52. The number of carbonyl (C=O) groups excluding carboxylic acids is 1. The first-order valence-corrected chi connectivity index (χ1v) is 12.2. The molecule has 2 aromatic rings. The maximum atomic E-state index is 12.2. The zero-order chi connectivity index (χ0) is 29.4. The van der Waals surface area contributed by atoms with Gasteiger partial charge in [0.15, 0.2) is 0 Å². The van der Waals surface area contributed by atoms with Gasteiger partial charge in [-0.05, 0) is 36.3 Å². The Balaban J connectivity index is 0.000000317. The van der Waals surface area contributed by atoms with Crippen LogP contribution in [0.15, 0.2) is 29.8 Å². The molecule has 2 saturated heterocycles. The first kappa shape index (κ1) is 32.0. The number of hydrogen-bond acceptors (Lipinski definition) is 7. The molecule has 2 fully saturated rings. The van der Waals surface area contributed by atoms with E-state index in [1.54, 1.807) is 24.0 Å². The Morgan fingerprint density at radius 3 is 2.18 bits per heavy atom. The molecule has 10 nitrogen and oxygen atoms in total. The number of halogens is 6. The van der Waals surface area contributed by atoms with Crippen molar-refractivity contribution in [2.45, 2.75) is 37.3 Å². The van der Waals surface area contributed by atoms with Crippen molar-refractivity contribution in [3.05, 3.63) is 40.3 Å². The number of aryl methyl sites for hydroxylation is 1. The second-order valence-electron chi connectivity index (χ2n) is 8.61. The molecule has 2 aliphatic heterocycles. The average molecular weight is 589 g/mol. The number of hydrogen-bond donors (Lipinski definition) is 3. The van der Waals surface area contributed by atoms with Crippen LogP contribution in [0.4, 0.5) is 26.3 Å². The van der Waals surface area contributed by atoms with Gasteiger partial charge in [-0.1, -0.05) is 6.07 Å². The van der Waals surface area contributed by atoms with Crippen LogP contribution in [0.3, 0.4) is 0 Å². The third-order valence-corrected chi connectivity index (χ3v) is 6.72. The maximum Gasteiger partial charge on any atom is 0.490 e. The van der Waals surface area contributed by atoms with Crippen molar-refractivity contribution in [1.82, 2.24) is 20.0 Å². The van der Waals surface area contributed by atoms with Crippen molar-refractivity contribution in [3.8, 4) is 0 Å². The molecular formula is C22H26F6N4O6S. The van der Waals surface area contributed by atoms with Crippen molar-refractivity contribution in [2.24, 2.45) is 13.0 Å². The lowest BCUT2D eigenvalue weighted by Crippen LogP contribution is -2.64. The summed E-state index contributed by atoms with van der Waals surface area (Å²) < 4.78 is 71.2. The molecule has 3 N–H and O–H groups in total. The van der Waals surface area contributed by atoms with Crippen LogP contribution < -0.4 is 5.32 Å². The normalized spacial score (nSPS) is 18.3. The minimum Gasteiger partial charge on any atom is -0.475 e. The van der Waals surface area contributed by atoms with E-state index in [2.05, 4.69) is 32.8 Å². The lowest BCUT2D eigenvalue weighted by atomic mass is 9.79. The fourth-order valence-corrected chi connectivity index (χ4v) is 4.78. The van der Waals surface area contributed by atoms with Crippen LogP contribution in [0.25, 0.3) is 0 Å². The lowest BCUT2D eigenvalue weighted by molar-refractivity contribution is -0.193. The van der Waals surface area contributed by atoms with Crippen LogP contribution in [0, 0.1) is 5.92 Å². The first-order chi connectivity index (χ1) is 18.0. The second kappa shape index (κ2) is 13.3. The van der Waals surface area contributed by atoms with Crippen molar-refractivity contribution in [3.63, 3.8) is 0 Å². The van der Waals surface area contributed by atoms with E-state index < -0.39 is 24.3 Å². The van der Waals surface area contributed by atoms with Crippen molar-refractivity contribution < 1.29 is 55.7 Å². The molecule has 4 rings (SSSR count). The number of ether oxygens (including phenoxy) is 1. The summed E-state index contributed by atoms with van der Waals surface area (Å²) in [6.07, 6.45) is -6.46. The zero-order valence-electron chi connectivity index (χ0n) is 20.5. The molecule has 0 saturated carbocycles. The first-order valence-electron chi connectivity index (χ1n) is 11.3. The van der Waals surface area contributed by atoms with Crippen LogP contribution in [-0.2, 0) is 27.9 Å². The molecule has 1 unspecified atom stereocenters. The molecular weight excluding hydrogens is 562 g/mol. The highest BCUT2D eigenvalue weighted by atomic mass is 32.1. The van der Waals surface area contributed by atoms with Gasteiger partial charge in [0.25, 0.3) is 5.91 Å². The molecule has 0 aromatic carbocycles. The van der Waals surface area contributed by atoms with E-state index in [4.69, 9.17) is 24.5 Å². The highest BCUT2D eigenvalue weighted by molar-refractivity contribution is 7.09. The topological polar surface area (TPSA) is 134 Å². The minimum absolute atomic E-state index is 0.00845. The summed E-state index contributed by atoms with van der Waals surface area (Å²) in [5, 5.41) is 23.4. The van der Waals surface area contributed by atoms with E-state index in [0.29, 0.717) is 18.2 Å². The van der Waals surface area contributed by atoms with Crippen LogP contribution in [0.2, 0.25) is 0 Å². The van der Waals surface area contributed by atoms with Crippen molar-refractivity contribution >= 4 is 29.2 Å². The Morgan fingerprint density at radius 1 is 1.13 bits per heavy atom. The third kappa shape index (κ3) is 9.50. The minimum atomic E-state index is -5.08. The number of likely N-dealkylation sites (tertiary alicyclic amines) is 1. The maximum absolute atomic E-state index is 12.2. The number of alkyl halides is 6. The Morgan fingerprint density at radius 2 is 1.72 bits per heavy atom. The summed E-state index contributed by atoms with van der Waals surface area (Å²) >= 11 is 1.81. The van der Waals surface area contributed by atoms with Crippen LogP contribution >= 0.6 is 11.3 Å². The summed E-state index contributed by atoms with van der Waals surface area (Å²) in [7, 11) is 1.78. The van der Waals surface area contributed by atoms with E-state index in [1.807, 2.05) is 11.3 Å². The van der Waals surface area contributed by atoms with Gasteiger partial charge >= 0.3 is 24.3 Å². The van der Waals surface area contributed by atoms with Gasteiger partial charge in [0, 0.05) is 50.9 Å². The van der Waals surface area contributed by atoms with E-state index in [0.717, 1.165) is 39.1 Å². The van der Waals surface area contributed by atoms with Crippen LogP contribution in [-0.4, -0.2) is 86.9 Å². The molecule has 2 aliphatic rings. The number of amides is 1. The van der Waals surface area contributed by atoms with Gasteiger partial charge in [0.1, 0.15) is 5.69 Å². The Hall–Kier alpha value is -3.18. The third-order valence-electron chi connectivity index (χ3n) is 5.86. The summed E-state index contributed by atoms with van der Waals surface area (Å²) in [4.78, 5) is 33.8. The van der Waals surface area contributed by atoms with Crippen molar-refractivity contribution in [2.75, 3.05) is 26.2 Å². The number of nitrogens with one attached hydrogen (secondary N) is 1. The fourth-order valence-electron chi connectivity index (χ4n) is 4.03. The van der Waals surface area contributed by atoms with E-state index in [1.165, 1.54) is 4.88 Å².